The summed E-state index contributed by atoms with van der Waals surface area (Å²) in [6, 6.07) is 10.8. The Morgan fingerprint density at radius 3 is 2.42 bits per heavy atom. The number of ether oxygens (including phenoxy) is 1. The molecule has 0 aromatic heterocycles. The molecule has 0 saturated carbocycles. The van der Waals surface area contributed by atoms with Crippen molar-refractivity contribution in [1.82, 2.24) is 10.8 Å². The fraction of sp³-hybridized carbons (Fsp3) is 0.333. The molecule has 1 heterocycles. The van der Waals surface area contributed by atoms with Crippen molar-refractivity contribution in [3.05, 3.63) is 53.6 Å². The Kier molecular flexibility index (Phi) is 6.51. The zero-order valence-corrected chi connectivity index (χ0v) is 18.3. The molecule has 1 aliphatic heterocycles. The summed E-state index contributed by atoms with van der Waals surface area (Å²) in [4.78, 5) is 26.4. The van der Waals surface area contributed by atoms with Crippen molar-refractivity contribution in [2.45, 2.75) is 36.6 Å². The molecule has 2 amide bonds. The highest BCUT2D eigenvalue weighted by Gasteiger charge is 2.46. The van der Waals surface area contributed by atoms with E-state index in [1.54, 1.807) is 31.1 Å². The molecule has 9 nitrogen and oxygen atoms in total. The Hall–Kier alpha value is -3.11. The molecule has 10 heteroatoms. The molecule has 0 radical (unpaired) electrons. The molecule has 3 rings (SSSR count). The van der Waals surface area contributed by atoms with Crippen LogP contribution in [0.4, 0.5) is 5.69 Å². The van der Waals surface area contributed by atoms with Gasteiger partial charge in [0.25, 0.3) is 11.8 Å². The van der Waals surface area contributed by atoms with E-state index in [9.17, 15) is 18.0 Å². The van der Waals surface area contributed by atoms with Crippen molar-refractivity contribution in [2.75, 3.05) is 18.6 Å². The summed E-state index contributed by atoms with van der Waals surface area (Å²) < 4.78 is 31.1. The van der Waals surface area contributed by atoms with E-state index < -0.39 is 27.0 Å². The zero-order chi connectivity index (χ0) is 22.8. The topological polar surface area (TPSA) is 125 Å². The minimum Gasteiger partial charge on any atom is -0.497 e. The molecule has 0 bridgehead atoms. The van der Waals surface area contributed by atoms with Crippen LogP contribution in [0.5, 0.6) is 5.75 Å². The fourth-order valence-corrected chi connectivity index (χ4v) is 5.81. The van der Waals surface area contributed by atoms with Crippen LogP contribution in [0.3, 0.4) is 0 Å². The summed E-state index contributed by atoms with van der Waals surface area (Å²) in [7, 11) is -2.47. The Balaban J connectivity index is 1.88. The normalized spacial score (nSPS) is 19.3. The van der Waals surface area contributed by atoms with Gasteiger partial charge in [0.1, 0.15) is 5.75 Å². The number of rotatable bonds is 6. The van der Waals surface area contributed by atoms with Crippen LogP contribution in [0.25, 0.3) is 0 Å². The molecule has 31 heavy (non-hydrogen) atoms. The summed E-state index contributed by atoms with van der Waals surface area (Å²) in [5, 5.41) is 10.4. The second-order valence-electron chi connectivity index (χ2n) is 7.18. The van der Waals surface area contributed by atoms with Crippen molar-refractivity contribution in [3.63, 3.8) is 0 Å². The highest BCUT2D eigenvalue weighted by Crippen LogP contribution is 2.38. The second kappa shape index (κ2) is 8.94. The Morgan fingerprint density at radius 1 is 1.16 bits per heavy atom. The number of carbonyl (C=O) groups is 2. The van der Waals surface area contributed by atoms with Gasteiger partial charge in [0.2, 0.25) is 0 Å². The van der Waals surface area contributed by atoms with Crippen molar-refractivity contribution in [2.24, 2.45) is 0 Å². The predicted molar refractivity (Wildman–Crippen MR) is 114 cm³/mol. The minimum atomic E-state index is -4.05. The van der Waals surface area contributed by atoms with E-state index in [1.807, 2.05) is 19.1 Å². The maximum atomic E-state index is 13.0. The third kappa shape index (κ3) is 4.21. The first-order valence-corrected chi connectivity index (χ1v) is 11.3. The minimum absolute atomic E-state index is 0.0484. The van der Waals surface area contributed by atoms with Crippen LogP contribution in [0, 0.1) is 0 Å². The van der Waals surface area contributed by atoms with Gasteiger partial charge >= 0.3 is 0 Å². The summed E-state index contributed by atoms with van der Waals surface area (Å²) in [6.07, 6.45) is 0. The van der Waals surface area contributed by atoms with Gasteiger partial charge in [0.15, 0.2) is 15.1 Å². The number of benzene rings is 2. The van der Waals surface area contributed by atoms with Crippen LogP contribution in [0.15, 0.2) is 47.4 Å². The molecule has 166 valence electrons. The van der Waals surface area contributed by atoms with Crippen LogP contribution in [0.1, 0.15) is 29.8 Å². The third-order valence-corrected chi connectivity index (χ3v) is 7.66. The molecule has 1 aliphatic rings. The van der Waals surface area contributed by atoms with Crippen molar-refractivity contribution < 1.29 is 28.0 Å². The second-order valence-corrected chi connectivity index (χ2v) is 9.22. The molecule has 0 spiro atoms. The lowest BCUT2D eigenvalue weighted by molar-refractivity contribution is -0.129. The van der Waals surface area contributed by atoms with E-state index in [0.29, 0.717) is 30.1 Å². The molecule has 0 saturated heterocycles. The number of sulfone groups is 1. The predicted octanol–water partition coefficient (Wildman–Crippen LogP) is 1.50. The first-order valence-electron chi connectivity index (χ1n) is 9.74. The fourth-order valence-electron chi connectivity index (χ4n) is 3.81. The Bertz CT molecular complexity index is 1080. The number of hydrogen-bond donors (Lipinski definition) is 3. The number of fused-ring (bicyclic) bond motifs is 1. The molecule has 3 N–H and O–H groups in total. The Morgan fingerprint density at radius 2 is 1.84 bits per heavy atom. The van der Waals surface area contributed by atoms with Crippen LogP contribution in [0.2, 0.25) is 0 Å². The lowest BCUT2D eigenvalue weighted by atomic mass is 10.1. The summed E-state index contributed by atoms with van der Waals surface area (Å²) in [5.74, 6) is -0.624. The van der Waals surface area contributed by atoms with E-state index in [2.05, 4.69) is 5.32 Å². The third-order valence-electron chi connectivity index (χ3n) is 5.42. The average Bonchev–Trinajstić information content (AvgIpc) is 2.77. The van der Waals surface area contributed by atoms with Crippen LogP contribution < -0.4 is 20.4 Å². The summed E-state index contributed by atoms with van der Waals surface area (Å²) >= 11 is 0. The maximum absolute atomic E-state index is 13.0. The standard InChI is InChI=1S/C21H25N3O6S/c1-4-24-13(2)19(21(26)23-27)31(28,29)18-10-7-15(11-17(18)24)20(25)22-12-14-5-8-16(30-3)9-6-14/h5-11,13,19,27H,4,12H2,1-3H3,(H,22,25)(H,23,26). The number of hydrogen-bond acceptors (Lipinski definition) is 7. The molecule has 2 unspecified atom stereocenters. The number of anilines is 1. The highest BCUT2D eigenvalue weighted by atomic mass is 32.2. The van der Waals surface area contributed by atoms with Gasteiger partial charge in [-0.05, 0) is 49.7 Å². The van der Waals surface area contributed by atoms with E-state index in [0.717, 1.165) is 5.56 Å². The quantitative estimate of drug-likeness (QED) is 0.453. The molecule has 2 aromatic carbocycles. The largest absolute Gasteiger partial charge is 0.497 e. The van der Waals surface area contributed by atoms with E-state index in [1.165, 1.54) is 23.7 Å². The number of methoxy groups -OCH3 is 1. The Labute approximate surface area is 180 Å². The van der Waals surface area contributed by atoms with Crippen molar-refractivity contribution in [3.8, 4) is 5.75 Å². The smallest absolute Gasteiger partial charge is 0.264 e. The monoisotopic (exact) mass is 447 g/mol. The van der Waals surface area contributed by atoms with E-state index >= 15 is 0 Å². The summed E-state index contributed by atoms with van der Waals surface area (Å²) in [6.45, 7) is 4.13. The molecular weight excluding hydrogens is 422 g/mol. The number of hydroxylamine groups is 1. The van der Waals surface area contributed by atoms with Gasteiger partial charge in [-0.25, -0.2) is 13.9 Å². The van der Waals surface area contributed by atoms with Crippen LogP contribution in [-0.2, 0) is 21.2 Å². The van der Waals surface area contributed by atoms with Gasteiger partial charge < -0.3 is 15.0 Å². The lowest BCUT2D eigenvalue weighted by Gasteiger charge is -2.40. The summed E-state index contributed by atoms with van der Waals surface area (Å²) in [5.41, 5.74) is 2.99. The molecule has 0 fully saturated rings. The van der Waals surface area contributed by atoms with Crippen molar-refractivity contribution in [1.29, 1.82) is 0 Å². The van der Waals surface area contributed by atoms with Gasteiger partial charge in [-0.2, -0.15) is 0 Å². The van der Waals surface area contributed by atoms with E-state index in [-0.39, 0.29) is 10.8 Å². The lowest BCUT2D eigenvalue weighted by Crippen LogP contribution is -2.56. The van der Waals surface area contributed by atoms with Gasteiger partial charge in [-0.1, -0.05) is 12.1 Å². The molecule has 2 aromatic rings. The number of amides is 2. The molecular formula is C21H25N3O6S. The maximum Gasteiger partial charge on any atom is 0.264 e. The van der Waals surface area contributed by atoms with Gasteiger partial charge in [-0.3, -0.25) is 14.8 Å². The number of nitrogens with zero attached hydrogens (tertiary/aromatic N) is 1. The van der Waals surface area contributed by atoms with Crippen molar-refractivity contribution >= 4 is 27.3 Å². The zero-order valence-electron chi connectivity index (χ0n) is 17.5. The highest BCUT2D eigenvalue weighted by molar-refractivity contribution is 7.93. The van der Waals surface area contributed by atoms with Crippen LogP contribution >= 0.6 is 0 Å². The van der Waals surface area contributed by atoms with Gasteiger partial charge in [0.05, 0.1) is 23.7 Å². The first-order chi connectivity index (χ1) is 14.7. The molecule has 0 aliphatic carbocycles. The van der Waals surface area contributed by atoms with Gasteiger partial charge in [0, 0.05) is 18.7 Å². The van der Waals surface area contributed by atoms with Crippen LogP contribution in [-0.4, -0.2) is 50.4 Å². The van der Waals surface area contributed by atoms with E-state index in [4.69, 9.17) is 9.94 Å². The average molecular weight is 448 g/mol. The number of carbonyl (C=O) groups excluding carboxylic acids is 2. The number of nitrogens with one attached hydrogen (secondary N) is 2. The SMILES string of the molecule is CCN1c2cc(C(=O)NCc3ccc(OC)cc3)ccc2S(=O)(=O)C(C(=O)NO)C1C. The molecule has 2 atom stereocenters. The first kappa shape index (κ1) is 22.6. The van der Waals surface area contributed by atoms with Gasteiger partial charge in [-0.15, -0.1) is 0 Å².